The van der Waals surface area contributed by atoms with E-state index in [1.807, 2.05) is 90.1 Å². The van der Waals surface area contributed by atoms with E-state index in [1.54, 1.807) is 4.90 Å². The standard InChI is InChI=1S/C25H29N3O2/c1-24(2,3)27-22(29)21-19-17-13-9-10-14-18(17)26-20(19)15-11-7-8-12-16(15)23(30)28(21)25(4,5)6/h7-14,21,26H,1-6H3,(H,27,29). The normalized spacial score (nSPS) is 16.8. The number of H-pyrrole nitrogens is 1. The summed E-state index contributed by atoms with van der Waals surface area (Å²) in [6.45, 7) is 11.8. The highest BCUT2D eigenvalue weighted by Gasteiger charge is 2.44. The van der Waals surface area contributed by atoms with Crippen molar-refractivity contribution in [2.24, 2.45) is 0 Å². The highest BCUT2D eigenvalue weighted by atomic mass is 16.2. The van der Waals surface area contributed by atoms with Crippen molar-refractivity contribution < 1.29 is 9.59 Å². The van der Waals surface area contributed by atoms with E-state index in [4.69, 9.17) is 0 Å². The molecule has 0 spiro atoms. The van der Waals surface area contributed by atoms with Crippen molar-refractivity contribution in [1.29, 1.82) is 0 Å². The van der Waals surface area contributed by atoms with Crippen LogP contribution in [-0.2, 0) is 4.79 Å². The van der Waals surface area contributed by atoms with Gasteiger partial charge in [-0.25, -0.2) is 0 Å². The number of benzene rings is 2. The maximum Gasteiger partial charge on any atom is 0.255 e. The summed E-state index contributed by atoms with van der Waals surface area (Å²) in [5.41, 5.74) is 3.08. The van der Waals surface area contributed by atoms with Gasteiger partial charge in [-0.15, -0.1) is 0 Å². The van der Waals surface area contributed by atoms with E-state index in [2.05, 4.69) is 10.3 Å². The minimum absolute atomic E-state index is 0.138. The number of carbonyl (C=O) groups is 2. The topological polar surface area (TPSA) is 65.2 Å². The number of nitrogens with zero attached hydrogens (tertiary/aromatic N) is 1. The zero-order valence-electron chi connectivity index (χ0n) is 18.5. The molecular weight excluding hydrogens is 374 g/mol. The summed E-state index contributed by atoms with van der Waals surface area (Å²) < 4.78 is 0. The Kier molecular flexibility index (Phi) is 4.53. The first-order valence-corrected chi connectivity index (χ1v) is 10.3. The monoisotopic (exact) mass is 403 g/mol. The van der Waals surface area contributed by atoms with Gasteiger partial charge < -0.3 is 15.2 Å². The third-order valence-corrected chi connectivity index (χ3v) is 5.39. The van der Waals surface area contributed by atoms with Gasteiger partial charge >= 0.3 is 0 Å². The van der Waals surface area contributed by atoms with E-state index in [0.29, 0.717) is 5.56 Å². The van der Waals surface area contributed by atoms with Gasteiger partial charge in [-0.2, -0.15) is 0 Å². The summed E-state index contributed by atoms with van der Waals surface area (Å²) in [6.07, 6.45) is 0. The Morgan fingerprint density at radius 1 is 0.933 bits per heavy atom. The Hall–Kier alpha value is -3.08. The number of carbonyl (C=O) groups excluding carboxylic acids is 2. The molecule has 2 heterocycles. The molecule has 0 aliphatic carbocycles. The lowest BCUT2D eigenvalue weighted by atomic mass is 9.94. The highest BCUT2D eigenvalue weighted by Crippen LogP contribution is 2.44. The lowest BCUT2D eigenvalue weighted by molar-refractivity contribution is -0.129. The van der Waals surface area contributed by atoms with Crippen molar-refractivity contribution in [3.8, 4) is 11.3 Å². The molecule has 5 heteroatoms. The van der Waals surface area contributed by atoms with Gasteiger partial charge in [-0.3, -0.25) is 9.59 Å². The fourth-order valence-corrected chi connectivity index (χ4v) is 4.30. The van der Waals surface area contributed by atoms with Gasteiger partial charge in [0, 0.05) is 38.7 Å². The van der Waals surface area contributed by atoms with Gasteiger partial charge in [0.1, 0.15) is 6.04 Å². The molecule has 2 aromatic carbocycles. The van der Waals surface area contributed by atoms with E-state index >= 15 is 0 Å². The molecule has 30 heavy (non-hydrogen) atoms. The van der Waals surface area contributed by atoms with Crippen LogP contribution >= 0.6 is 0 Å². The molecule has 0 saturated heterocycles. The second kappa shape index (κ2) is 6.73. The molecule has 3 aromatic rings. The van der Waals surface area contributed by atoms with Gasteiger partial charge in [-0.05, 0) is 53.7 Å². The van der Waals surface area contributed by atoms with Crippen LogP contribution in [0.2, 0.25) is 0 Å². The minimum Gasteiger partial charge on any atom is -0.354 e. The number of hydrogen-bond acceptors (Lipinski definition) is 2. The number of nitrogens with one attached hydrogen (secondary N) is 2. The molecule has 156 valence electrons. The van der Waals surface area contributed by atoms with Gasteiger partial charge in [-0.1, -0.05) is 36.4 Å². The van der Waals surface area contributed by atoms with E-state index in [0.717, 1.165) is 27.7 Å². The zero-order chi connectivity index (χ0) is 21.8. The van der Waals surface area contributed by atoms with Gasteiger partial charge in [0.05, 0.1) is 5.69 Å². The van der Waals surface area contributed by atoms with Crippen molar-refractivity contribution >= 4 is 22.7 Å². The van der Waals surface area contributed by atoms with E-state index in [-0.39, 0.29) is 11.8 Å². The molecule has 0 saturated carbocycles. The van der Waals surface area contributed by atoms with Crippen molar-refractivity contribution in [2.45, 2.75) is 58.7 Å². The Morgan fingerprint density at radius 2 is 1.53 bits per heavy atom. The minimum atomic E-state index is -0.754. The predicted octanol–water partition coefficient (Wildman–Crippen LogP) is 5.05. The highest BCUT2D eigenvalue weighted by molar-refractivity contribution is 6.09. The quantitative estimate of drug-likeness (QED) is 0.597. The van der Waals surface area contributed by atoms with E-state index < -0.39 is 17.1 Å². The van der Waals surface area contributed by atoms with Gasteiger partial charge in [0.15, 0.2) is 0 Å². The number of hydrogen-bond donors (Lipinski definition) is 2. The predicted molar refractivity (Wildman–Crippen MR) is 120 cm³/mol. The Labute approximate surface area is 177 Å². The Morgan fingerprint density at radius 3 is 2.17 bits per heavy atom. The fraction of sp³-hybridized carbons (Fsp3) is 0.360. The number of rotatable bonds is 1. The van der Waals surface area contributed by atoms with Crippen LogP contribution in [0.25, 0.3) is 22.2 Å². The van der Waals surface area contributed by atoms with E-state index in [1.165, 1.54) is 0 Å². The average molecular weight is 404 g/mol. The molecule has 2 amide bonds. The smallest absolute Gasteiger partial charge is 0.255 e. The number of fused-ring (bicyclic) bond motifs is 5. The molecule has 0 radical (unpaired) electrons. The van der Waals surface area contributed by atoms with Crippen LogP contribution < -0.4 is 5.32 Å². The Bertz CT molecular complexity index is 1150. The van der Waals surface area contributed by atoms with E-state index in [9.17, 15) is 9.59 Å². The first-order valence-electron chi connectivity index (χ1n) is 10.3. The lowest BCUT2D eigenvalue weighted by Gasteiger charge is -2.41. The largest absolute Gasteiger partial charge is 0.354 e. The molecule has 0 bridgehead atoms. The molecule has 0 fully saturated rings. The fourth-order valence-electron chi connectivity index (χ4n) is 4.30. The number of para-hydroxylation sites is 1. The summed E-state index contributed by atoms with van der Waals surface area (Å²) in [5.74, 6) is -0.314. The number of amides is 2. The first-order chi connectivity index (χ1) is 14.0. The molecular formula is C25H29N3O2. The third kappa shape index (κ3) is 3.28. The number of aromatic amines is 1. The maximum absolute atomic E-state index is 13.8. The summed E-state index contributed by atoms with van der Waals surface area (Å²) in [5, 5.41) is 4.07. The van der Waals surface area contributed by atoms with Crippen LogP contribution in [-0.4, -0.2) is 32.8 Å². The molecule has 2 N–H and O–H groups in total. The van der Waals surface area contributed by atoms with Crippen LogP contribution in [0.3, 0.4) is 0 Å². The van der Waals surface area contributed by atoms with Crippen LogP contribution in [0.4, 0.5) is 0 Å². The molecule has 1 aliphatic heterocycles. The molecule has 1 unspecified atom stereocenters. The van der Waals surface area contributed by atoms with Crippen molar-refractivity contribution in [3.05, 3.63) is 59.7 Å². The van der Waals surface area contributed by atoms with Crippen molar-refractivity contribution in [2.75, 3.05) is 0 Å². The number of aromatic nitrogens is 1. The zero-order valence-corrected chi connectivity index (χ0v) is 18.5. The van der Waals surface area contributed by atoms with Gasteiger partial charge in [0.2, 0.25) is 5.91 Å². The first kappa shape index (κ1) is 20.2. The summed E-state index contributed by atoms with van der Waals surface area (Å²) in [4.78, 5) is 32.7. The average Bonchev–Trinajstić information content (AvgIpc) is 2.97. The second-order valence-electron chi connectivity index (χ2n) is 9.99. The second-order valence-corrected chi connectivity index (χ2v) is 9.99. The van der Waals surface area contributed by atoms with Crippen molar-refractivity contribution in [1.82, 2.24) is 15.2 Å². The van der Waals surface area contributed by atoms with Gasteiger partial charge in [0.25, 0.3) is 5.91 Å². The molecule has 1 aliphatic rings. The van der Waals surface area contributed by atoms with Crippen LogP contribution in [0, 0.1) is 0 Å². The lowest BCUT2D eigenvalue weighted by Crippen LogP contribution is -2.54. The molecule has 1 aromatic heterocycles. The Balaban J connectivity index is 2.09. The SMILES string of the molecule is CC(C)(C)NC(=O)C1c2c([nH]c3ccccc23)-c2ccccc2C(=O)N1C(C)(C)C. The molecule has 1 atom stereocenters. The van der Waals surface area contributed by atoms with Crippen LogP contribution in [0.5, 0.6) is 0 Å². The third-order valence-electron chi connectivity index (χ3n) is 5.39. The van der Waals surface area contributed by atoms with Crippen molar-refractivity contribution in [3.63, 3.8) is 0 Å². The summed E-state index contributed by atoms with van der Waals surface area (Å²) >= 11 is 0. The van der Waals surface area contributed by atoms with Crippen LogP contribution in [0.1, 0.15) is 63.5 Å². The molecule has 5 nitrogen and oxygen atoms in total. The van der Waals surface area contributed by atoms with Crippen LogP contribution in [0.15, 0.2) is 48.5 Å². The molecule has 4 rings (SSSR count). The summed E-state index contributed by atoms with van der Waals surface area (Å²) in [7, 11) is 0. The summed E-state index contributed by atoms with van der Waals surface area (Å²) in [6, 6.07) is 14.8. The maximum atomic E-state index is 13.8.